The van der Waals surface area contributed by atoms with Gasteiger partial charge in [-0.25, -0.2) is 9.78 Å². The number of ether oxygens (including phenoxy) is 1. The average molecular weight is 469 g/mol. The summed E-state index contributed by atoms with van der Waals surface area (Å²) in [5.41, 5.74) is 3.06. The lowest BCUT2D eigenvalue weighted by Crippen LogP contribution is -2.32. The van der Waals surface area contributed by atoms with Crippen molar-refractivity contribution in [2.24, 2.45) is 5.92 Å². The van der Waals surface area contributed by atoms with E-state index in [0.29, 0.717) is 23.2 Å². The minimum atomic E-state index is -0.557. The quantitative estimate of drug-likeness (QED) is 0.473. The number of hydrogen-bond acceptors (Lipinski definition) is 4. The Morgan fingerprint density at radius 2 is 1.73 bits per heavy atom. The molecule has 0 radical (unpaired) electrons. The number of benzene rings is 1. The summed E-state index contributed by atoms with van der Waals surface area (Å²) in [6.07, 6.45) is 5.43. The second kappa shape index (κ2) is 9.84. The summed E-state index contributed by atoms with van der Waals surface area (Å²) >= 11 is 6.17. The van der Waals surface area contributed by atoms with Gasteiger partial charge in [-0.1, -0.05) is 29.8 Å². The molecular formula is C27H33ClN2O3. The molecule has 0 unspecified atom stereocenters. The molecule has 0 spiro atoms. The van der Waals surface area contributed by atoms with Gasteiger partial charge < -0.3 is 10.1 Å². The van der Waals surface area contributed by atoms with E-state index < -0.39 is 11.7 Å². The summed E-state index contributed by atoms with van der Waals surface area (Å²) < 4.78 is 5.31. The number of nitrogens with one attached hydrogen (secondary N) is 1. The first-order valence-corrected chi connectivity index (χ1v) is 12.3. The molecule has 2 aliphatic carbocycles. The van der Waals surface area contributed by atoms with Crippen molar-refractivity contribution in [1.82, 2.24) is 10.3 Å². The SMILES string of the molecule is CC(C)(C)OC(=O)NCc1ccc(C2CC2)c(C(=O)C2CCC(c3cccc(Cl)c3)CC2)n1. The van der Waals surface area contributed by atoms with E-state index in [1.165, 1.54) is 5.56 Å². The van der Waals surface area contributed by atoms with Crippen molar-refractivity contribution in [1.29, 1.82) is 0 Å². The minimum Gasteiger partial charge on any atom is -0.444 e. The topological polar surface area (TPSA) is 68.3 Å². The fraction of sp³-hybridized carbons (Fsp3) is 0.519. The third-order valence-corrected chi connectivity index (χ3v) is 6.70. The van der Waals surface area contributed by atoms with Crippen molar-refractivity contribution in [3.63, 3.8) is 0 Å². The van der Waals surface area contributed by atoms with Crippen LogP contribution in [0.15, 0.2) is 36.4 Å². The summed E-state index contributed by atoms with van der Waals surface area (Å²) in [5.74, 6) is 1.04. The molecule has 2 fully saturated rings. The van der Waals surface area contributed by atoms with Crippen molar-refractivity contribution in [3.05, 3.63) is 63.9 Å². The van der Waals surface area contributed by atoms with Crippen molar-refractivity contribution in [3.8, 4) is 0 Å². The standard InChI is InChI=1S/C27H33ClN2O3/c1-27(2,3)33-26(32)29-16-22-13-14-23(18-9-10-18)24(30-22)25(31)19-11-7-17(8-12-19)20-5-4-6-21(28)15-20/h4-6,13-15,17-19H,7-12,16H2,1-3H3,(H,29,32). The average Bonchev–Trinajstić information content (AvgIpc) is 3.61. The highest BCUT2D eigenvalue weighted by atomic mass is 35.5. The van der Waals surface area contributed by atoms with Gasteiger partial charge in [0, 0.05) is 10.9 Å². The van der Waals surface area contributed by atoms with Gasteiger partial charge in [-0.05, 0) is 100 Å². The Morgan fingerprint density at radius 1 is 1.03 bits per heavy atom. The molecule has 2 aromatic rings. The van der Waals surface area contributed by atoms with Gasteiger partial charge in [0.25, 0.3) is 0 Å². The molecule has 0 aliphatic heterocycles. The zero-order chi connectivity index (χ0) is 23.6. The molecule has 33 heavy (non-hydrogen) atoms. The molecule has 2 aliphatic rings. The number of carbonyl (C=O) groups excluding carboxylic acids is 2. The van der Waals surface area contributed by atoms with Crippen LogP contribution in [0.5, 0.6) is 0 Å². The van der Waals surface area contributed by atoms with E-state index in [1.807, 2.05) is 51.1 Å². The fourth-order valence-corrected chi connectivity index (χ4v) is 4.85. The number of ketones is 1. The van der Waals surface area contributed by atoms with Crippen LogP contribution in [-0.2, 0) is 11.3 Å². The van der Waals surface area contributed by atoms with Crippen molar-refractivity contribution >= 4 is 23.5 Å². The molecule has 0 atom stereocenters. The molecule has 6 heteroatoms. The summed E-state index contributed by atoms with van der Waals surface area (Å²) in [7, 11) is 0. The lowest BCUT2D eigenvalue weighted by Gasteiger charge is -2.28. The van der Waals surface area contributed by atoms with E-state index >= 15 is 0 Å². The monoisotopic (exact) mass is 468 g/mol. The lowest BCUT2D eigenvalue weighted by molar-refractivity contribution is 0.0523. The number of halogens is 1. The maximum Gasteiger partial charge on any atom is 0.407 e. The van der Waals surface area contributed by atoms with Crippen LogP contribution in [0.1, 0.15) is 98.4 Å². The predicted octanol–water partition coefficient (Wildman–Crippen LogP) is 6.79. The highest BCUT2D eigenvalue weighted by molar-refractivity contribution is 6.30. The summed E-state index contributed by atoms with van der Waals surface area (Å²) in [4.78, 5) is 30.3. The normalized spacial score (nSPS) is 20.8. The fourth-order valence-electron chi connectivity index (χ4n) is 4.65. The predicted molar refractivity (Wildman–Crippen MR) is 130 cm³/mol. The van der Waals surface area contributed by atoms with Gasteiger partial charge in [0.15, 0.2) is 5.78 Å². The molecule has 4 rings (SSSR count). The number of carbonyl (C=O) groups is 2. The Morgan fingerprint density at radius 3 is 2.36 bits per heavy atom. The number of rotatable bonds is 6. The Labute approximate surface area is 201 Å². The largest absolute Gasteiger partial charge is 0.444 e. The molecular weight excluding hydrogens is 436 g/mol. The summed E-state index contributed by atoms with van der Waals surface area (Å²) in [5, 5.41) is 3.51. The molecule has 176 valence electrons. The maximum absolute atomic E-state index is 13.5. The molecule has 1 aromatic heterocycles. The third kappa shape index (κ3) is 6.35. The van der Waals surface area contributed by atoms with Gasteiger partial charge in [-0.15, -0.1) is 0 Å². The molecule has 2 saturated carbocycles. The van der Waals surface area contributed by atoms with Gasteiger partial charge in [-0.2, -0.15) is 0 Å². The van der Waals surface area contributed by atoms with Crippen molar-refractivity contribution in [2.75, 3.05) is 0 Å². The molecule has 5 nitrogen and oxygen atoms in total. The van der Waals surface area contributed by atoms with Crippen LogP contribution < -0.4 is 5.32 Å². The molecule has 0 saturated heterocycles. The second-order valence-corrected chi connectivity index (χ2v) is 10.8. The highest BCUT2D eigenvalue weighted by Crippen LogP contribution is 2.43. The van der Waals surface area contributed by atoms with Gasteiger partial charge >= 0.3 is 6.09 Å². The molecule has 1 amide bonds. The van der Waals surface area contributed by atoms with E-state index in [1.54, 1.807) is 0 Å². The zero-order valence-corrected chi connectivity index (χ0v) is 20.5. The summed E-state index contributed by atoms with van der Waals surface area (Å²) in [6.45, 7) is 5.72. The summed E-state index contributed by atoms with van der Waals surface area (Å²) in [6, 6.07) is 12.0. The van der Waals surface area contributed by atoms with E-state index in [-0.39, 0.29) is 18.2 Å². The van der Waals surface area contributed by atoms with Crippen molar-refractivity contribution in [2.45, 2.75) is 83.3 Å². The lowest BCUT2D eigenvalue weighted by atomic mass is 9.76. The van der Waals surface area contributed by atoms with Crippen LogP contribution >= 0.6 is 11.6 Å². The molecule has 0 bridgehead atoms. The highest BCUT2D eigenvalue weighted by Gasteiger charge is 2.34. The number of Topliss-reactive ketones (excluding diaryl/α,β-unsaturated/α-hetero) is 1. The van der Waals surface area contributed by atoms with Crippen LogP contribution in [-0.4, -0.2) is 22.5 Å². The molecule has 1 N–H and O–H groups in total. The van der Waals surface area contributed by atoms with Gasteiger partial charge in [0.2, 0.25) is 0 Å². The Balaban J connectivity index is 1.43. The Kier molecular flexibility index (Phi) is 7.08. The number of pyridine rings is 1. The Bertz CT molecular complexity index is 1020. The van der Waals surface area contributed by atoms with E-state index in [0.717, 1.165) is 49.1 Å². The first-order valence-electron chi connectivity index (χ1n) is 12.0. The van der Waals surface area contributed by atoms with E-state index in [2.05, 4.69) is 11.4 Å². The Hall–Kier alpha value is -2.40. The minimum absolute atomic E-state index is 0.000464. The van der Waals surface area contributed by atoms with Crippen LogP contribution in [0.3, 0.4) is 0 Å². The van der Waals surface area contributed by atoms with Crippen LogP contribution in [0, 0.1) is 5.92 Å². The number of amides is 1. The van der Waals surface area contributed by atoms with Crippen LogP contribution in [0.2, 0.25) is 5.02 Å². The van der Waals surface area contributed by atoms with Crippen molar-refractivity contribution < 1.29 is 14.3 Å². The number of hydrogen-bond donors (Lipinski definition) is 1. The second-order valence-electron chi connectivity index (χ2n) is 10.3. The first kappa shape index (κ1) is 23.7. The van der Waals surface area contributed by atoms with Crippen LogP contribution in [0.25, 0.3) is 0 Å². The number of nitrogens with zero attached hydrogens (tertiary/aromatic N) is 1. The van der Waals surface area contributed by atoms with Gasteiger partial charge in [0.1, 0.15) is 11.3 Å². The van der Waals surface area contributed by atoms with E-state index in [9.17, 15) is 9.59 Å². The van der Waals surface area contributed by atoms with Gasteiger partial charge in [-0.3, -0.25) is 4.79 Å². The number of aromatic nitrogens is 1. The third-order valence-electron chi connectivity index (χ3n) is 6.47. The number of alkyl carbamates (subject to hydrolysis) is 1. The smallest absolute Gasteiger partial charge is 0.407 e. The first-order chi connectivity index (χ1) is 15.7. The van der Waals surface area contributed by atoms with Gasteiger partial charge in [0.05, 0.1) is 12.2 Å². The molecule has 1 heterocycles. The molecule has 1 aromatic carbocycles. The van der Waals surface area contributed by atoms with E-state index in [4.69, 9.17) is 21.3 Å². The van der Waals surface area contributed by atoms with Crippen LogP contribution in [0.4, 0.5) is 4.79 Å². The zero-order valence-electron chi connectivity index (χ0n) is 19.7. The maximum atomic E-state index is 13.5.